The van der Waals surface area contributed by atoms with Gasteiger partial charge in [0, 0.05) is 23.5 Å². The third-order valence-corrected chi connectivity index (χ3v) is 5.11. The molecule has 3 nitrogen and oxygen atoms in total. The van der Waals surface area contributed by atoms with Crippen LogP contribution in [0.2, 0.25) is 0 Å². The number of aromatic nitrogens is 2. The molecular weight excluding hydrogens is 282 g/mol. The normalized spacial score (nSPS) is 17.0. The average molecular weight is 305 g/mol. The lowest BCUT2D eigenvalue weighted by Crippen LogP contribution is -2.29. The van der Waals surface area contributed by atoms with Gasteiger partial charge in [-0.05, 0) is 69.6 Å². The van der Waals surface area contributed by atoms with Gasteiger partial charge in [-0.25, -0.2) is 0 Å². The number of benzene rings is 1. The van der Waals surface area contributed by atoms with Gasteiger partial charge in [0.1, 0.15) is 0 Å². The molecule has 0 bridgehead atoms. The summed E-state index contributed by atoms with van der Waals surface area (Å²) >= 11 is 0. The first-order chi connectivity index (χ1) is 11.2. The molecule has 1 aliphatic heterocycles. The van der Waals surface area contributed by atoms with E-state index in [1.165, 1.54) is 53.6 Å². The molecular formula is C20H23N3. The van der Waals surface area contributed by atoms with Crippen LogP contribution in [0.1, 0.15) is 29.9 Å². The molecule has 1 fully saturated rings. The van der Waals surface area contributed by atoms with Crippen LogP contribution in [0, 0.1) is 6.92 Å². The fourth-order valence-corrected chi connectivity index (χ4v) is 3.66. The Bertz CT molecular complexity index is 809. The van der Waals surface area contributed by atoms with Gasteiger partial charge in [0.05, 0.1) is 11.7 Å². The molecule has 0 spiro atoms. The molecule has 3 aromatic rings. The SMILES string of the molecule is Cc1ccc(-n2cc(C3CCN(C)CC3)c3ccncc32)cc1. The second-order valence-corrected chi connectivity index (χ2v) is 6.76. The monoisotopic (exact) mass is 305 g/mol. The van der Waals surface area contributed by atoms with Gasteiger partial charge in [-0.3, -0.25) is 4.98 Å². The summed E-state index contributed by atoms with van der Waals surface area (Å²) in [5, 5.41) is 1.36. The molecule has 0 aliphatic carbocycles. The van der Waals surface area contributed by atoms with Crippen LogP contribution in [0.15, 0.2) is 48.9 Å². The summed E-state index contributed by atoms with van der Waals surface area (Å²) in [6.07, 6.45) is 8.73. The molecule has 1 aliphatic rings. The van der Waals surface area contributed by atoms with Crippen LogP contribution in [-0.4, -0.2) is 34.6 Å². The minimum Gasteiger partial charge on any atom is -0.315 e. The lowest BCUT2D eigenvalue weighted by Gasteiger charge is -2.28. The number of aryl methyl sites for hydroxylation is 1. The number of hydrogen-bond acceptors (Lipinski definition) is 2. The Morgan fingerprint density at radius 1 is 1.04 bits per heavy atom. The molecule has 0 unspecified atom stereocenters. The van der Waals surface area contributed by atoms with Crippen molar-refractivity contribution in [3.05, 3.63) is 60.0 Å². The lowest BCUT2D eigenvalue weighted by atomic mass is 9.90. The van der Waals surface area contributed by atoms with Crippen molar-refractivity contribution in [3.63, 3.8) is 0 Å². The van der Waals surface area contributed by atoms with Crippen molar-refractivity contribution in [2.24, 2.45) is 0 Å². The molecule has 4 rings (SSSR count). The van der Waals surface area contributed by atoms with Gasteiger partial charge < -0.3 is 9.47 Å². The van der Waals surface area contributed by atoms with Crippen molar-refractivity contribution in [2.45, 2.75) is 25.7 Å². The second kappa shape index (κ2) is 5.82. The Kier molecular flexibility index (Phi) is 3.66. The first-order valence-electron chi connectivity index (χ1n) is 8.43. The standard InChI is InChI=1S/C20H23N3/c1-15-3-5-17(6-4-15)23-14-19(16-8-11-22(2)12-9-16)18-7-10-21-13-20(18)23/h3-7,10,13-14,16H,8-9,11-12H2,1-2H3. The zero-order valence-corrected chi connectivity index (χ0v) is 13.9. The fourth-order valence-electron chi connectivity index (χ4n) is 3.66. The molecule has 0 amide bonds. The number of piperidine rings is 1. The summed E-state index contributed by atoms with van der Waals surface area (Å²) < 4.78 is 2.30. The van der Waals surface area contributed by atoms with Crippen LogP contribution in [0.4, 0.5) is 0 Å². The third kappa shape index (κ3) is 2.66. The van der Waals surface area contributed by atoms with E-state index in [0.717, 1.165) is 0 Å². The Hall–Kier alpha value is -2.13. The van der Waals surface area contributed by atoms with Gasteiger partial charge in [0.2, 0.25) is 0 Å². The molecule has 3 heteroatoms. The van der Waals surface area contributed by atoms with E-state index in [4.69, 9.17) is 0 Å². The van der Waals surface area contributed by atoms with Gasteiger partial charge in [-0.15, -0.1) is 0 Å². The quantitative estimate of drug-likeness (QED) is 0.709. The average Bonchev–Trinajstić information content (AvgIpc) is 2.96. The van der Waals surface area contributed by atoms with E-state index in [1.807, 2.05) is 12.4 Å². The van der Waals surface area contributed by atoms with Crippen molar-refractivity contribution in [3.8, 4) is 5.69 Å². The first-order valence-corrected chi connectivity index (χ1v) is 8.43. The van der Waals surface area contributed by atoms with Crippen molar-refractivity contribution in [2.75, 3.05) is 20.1 Å². The maximum absolute atomic E-state index is 4.36. The molecule has 0 saturated carbocycles. The molecule has 3 heterocycles. The Morgan fingerprint density at radius 2 is 1.78 bits per heavy atom. The summed E-state index contributed by atoms with van der Waals surface area (Å²) in [7, 11) is 2.22. The van der Waals surface area contributed by atoms with E-state index in [9.17, 15) is 0 Å². The lowest BCUT2D eigenvalue weighted by molar-refractivity contribution is 0.256. The summed E-state index contributed by atoms with van der Waals surface area (Å²) in [4.78, 5) is 6.79. The Balaban J connectivity index is 1.81. The van der Waals surface area contributed by atoms with Crippen LogP contribution in [0.5, 0.6) is 0 Å². The number of nitrogens with zero attached hydrogens (tertiary/aromatic N) is 3. The van der Waals surface area contributed by atoms with Crippen LogP contribution < -0.4 is 0 Å². The number of rotatable bonds is 2. The summed E-state index contributed by atoms with van der Waals surface area (Å²) in [5.41, 5.74) is 5.20. The van der Waals surface area contributed by atoms with Crippen molar-refractivity contribution >= 4 is 10.9 Å². The topological polar surface area (TPSA) is 21.1 Å². The maximum atomic E-state index is 4.36. The first kappa shape index (κ1) is 14.5. The summed E-state index contributed by atoms with van der Waals surface area (Å²) in [6, 6.07) is 10.9. The van der Waals surface area contributed by atoms with Gasteiger partial charge in [0.25, 0.3) is 0 Å². The number of likely N-dealkylation sites (tertiary alicyclic amines) is 1. The molecule has 0 radical (unpaired) electrons. The van der Waals surface area contributed by atoms with Crippen molar-refractivity contribution < 1.29 is 0 Å². The predicted octanol–water partition coefficient (Wildman–Crippen LogP) is 4.14. The summed E-state index contributed by atoms with van der Waals surface area (Å²) in [6.45, 7) is 4.50. The molecule has 23 heavy (non-hydrogen) atoms. The number of fused-ring (bicyclic) bond motifs is 1. The Morgan fingerprint density at radius 3 is 2.52 bits per heavy atom. The van der Waals surface area contributed by atoms with Crippen molar-refractivity contribution in [1.29, 1.82) is 0 Å². The highest BCUT2D eigenvalue weighted by molar-refractivity contribution is 5.85. The maximum Gasteiger partial charge on any atom is 0.0715 e. The zero-order chi connectivity index (χ0) is 15.8. The van der Waals surface area contributed by atoms with E-state index in [0.29, 0.717) is 5.92 Å². The molecule has 1 saturated heterocycles. The van der Waals surface area contributed by atoms with Gasteiger partial charge in [-0.1, -0.05) is 17.7 Å². The van der Waals surface area contributed by atoms with E-state index in [2.05, 4.69) is 65.0 Å². The van der Waals surface area contributed by atoms with Crippen LogP contribution in [-0.2, 0) is 0 Å². The van der Waals surface area contributed by atoms with Gasteiger partial charge in [0.15, 0.2) is 0 Å². The van der Waals surface area contributed by atoms with Crippen LogP contribution >= 0.6 is 0 Å². The molecule has 118 valence electrons. The second-order valence-electron chi connectivity index (χ2n) is 6.76. The fraction of sp³-hybridized carbons (Fsp3) is 0.350. The number of pyridine rings is 1. The van der Waals surface area contributed by atoms with Gasteiger partial charge >= 0.3 is 0 Å². The number of hydrogen-bond donors (Lipinski definition) is 0. The van der Waals surface area contributed by atoms with Crippen LogP contribution in [0.3, 0.4) is 0 Å². The van der Waals surface area contributed by atoms with E-state index < -0.39 is 0 Å². The molecule has 0 N–H and O–H groups in total. The highest BCUT2D eigenvalue weighted by Crippen LogP contribution is 2.35. The predicted molar refractivity (Wildman–Crippen MR) is 95.3 cm³/mol. The van der Waals surface area contributed by atoms with Crippen LogP contribution in [0.25, 0.3) is 16.6 Å². The van der Waals surface area contributed by atoms with E-state index in [1.54, 1.807) is 0 Å². The van der Waals surface area contributed by atoms with Gasteiger partial charge in [-0.2, -0.15) is 0 Å². The third-order valence-electron chi connectivity index (χ3n) is 5.11. The summed E-state index contributed by atoms with van der Waals surface area (Å²) in [5.74, 6) is 0.655. The van der Waals surface area contributed by atoms with E-state index >= 15 is 0 Å². The molecule has 2 aromatic heterocycles. The highest BCUT2D eigenvalue weighted by Gasteiger charge is 2.22. The Labute approximate surface area is 137 Å². The zero-order valence-electron chi connectivity index (χ0n) is 13.9. The largest absolute Gasteiger partial charge is 0.315 e. The van der Waals surface area contributed by atoms with E-state index in [-0.39, 0.29) is 0 Å². The molecule has 1 aromatic carbocycles. The highest BCUT2D eigenvalue weighted by atomic mass is 15.1. The minimum atomic E-state index is 0.655. The molecule has 0 atom stereocenters. The smallest absolute Gasteiger partial charge is 0.0715 e. The van der Waals surface area contributed by atoms with Crippen molar-refractivity contribution in [1.82, 2.24) is 14.5 Å². The minimum absolute atomic E-state index is 0.655.